The van der Waals surface area contributed by atoms with Gasteiger partial charge in [0.05, 0.1) is 25.5 Å². The Balaban J connectivity index is 1.73. The lowest BCUT2D eigenvalue weighted by Gasteiger charge is -2.21. The molecule has 0 aliphatic carbocycles. The van der Waals surface area contributed by atoms with Crippen molar-refractivity contribution in [3.05, 3.63) is 70.2 Å². The molecule has 0 bridgehead atoms. The molecular formula is C24H28N4O4S2. The molecule has 2 atom stereocenters. The van der Waals surface area contributed by atoms with Gasteiger partial charge in [-0.25, -0.2) is 4.79 Å². The molecule has 1 N–H and O–H groups in total. The first-order valence-corrected chi connectivity index (χ1v) is 12.8. The molecule has 0 spiro atoms. The average Bonchev–Trinajstić information content (AvgIpc) is 3.50. The summed E-state index contributed by atoms with van der Waals surface area (Å²) in [4.78, 5) is 40.8. The van der Waals surface area contributed by atoms with Crippen LogP contribution in [0.3, 0.4) is 0 Å². The topological polar surface area (TPSA) is 103 Å². The number of rotatable bonds is 12. The standard InChI is InChI=1S/C24H28N4O4S2/c1-3-32-24(31)22(21-12-11-20(34-21)15-28-25-13-14-26-28)27-23(30)19(16-33-17(2)29)10-9-18-7-5-4-6-8-18/h4-8,11-14,19,22H,3,9-10,15-16H2,1-2H3,(H,27,30). The maximum Gasteiger partial charge on any atom is 0.334 e. The zero-order valence-corrected chi connectivity index (χ0v) is 20.8. The molecule has 0 aliphatic heterocycles. The van der Waals surface area contributed by atoms with Crippen LogP contribution in [0.1, 0.15) is 41.6 Å². The SMILES string of the molecule is CCOC(=O)C(NC(=O)C(CCc1ccccc1)CSC(C)=O)c1ccc(Cn2nccn2)s1. The molecule has 2 aromatic heterocycles. The zero-order chi connectivity index (χ0) is 24.3. The van der Waals surface area contributed by atoms with E-state index >= 15 is 0 Å². The van der Waals surface area contributed by atoms with Gasteiger partial charge in [0.1, 0.15) is 0 Å². The number of hydrogen-bond acceptors (Lipinski definition) is 8. The van der Waals surface area contributed by atoms with Crippen LogP contribution in [0.25, 0.3) is 0 Å². The van der Waals surface area contributed by atoms with Gasteiger partial charge in [0.15, 0.2) is 11.2 Å². The normalized spacial score (nSPS) is 12.6. The van der Waals surface area contributed by atoms with Gasteiger partial charge >= 0.3 is 5.97 Å². The van der Waals surface area contributed by atoms with E-state index in [1.807, 2.05) is 42.5 Å². The highest BCUT2D eigenvalue weighted by atomic mass is 32.2. The Hall–Kier alpha value is -2.98. The van der Waals surface area contributed by atoms with Crippen molar-refractivity contribution in [2.24, 2.45) is 5.92 Å². The van der Waals surface area contributed by atoms with Crippen LogP contribution in [-0.4, -0.2) is 44.3 Å². The fourth-order valence-electron chi connectivity index (χ4n) is 3.32. The number of hydrogen-bond donors (Lipinski definition) is 1. The van der Waals surface area contributed by atoms with Crippen LogP contribution in [0.2, 0.25) is 0 Å². The molecule has 3 aromatic rings. The van der Waals surface area contributed by atoms with Crippen LogP contribution in [0, 0.1) is 5.92 Å². The van der Waals surface area contributed by atoms with Gasteiger partial charge in [0.2, 0.25) is 5.91 Å². The first-order valence-electron chi connectivity index (χ1n) is 11.0. The third kappa shape index (κ3) is 7.81. The van der Waals surface area contributed by atoms with Gasteiger partial charge in [-0.2, -0.15) is 15.0 Å². The van der Waals surface area contributed by atoms with Crippen molar-refractivity contribution in [3.63, 3.8) is 0 Å². The minimum Gasteiger partial charge on any atom is -0.464 e. The van der Waals surface area contributed by atoms with Crippen LogP contribution in [0.4, 0.5) is 0 Å². The van der Waals surface area contributed by atoms with Crippen molar-refractivity contribution in [3.8, 4) is 0 Å². The third-order valence-electron chi connectivity index (χ3n) is 5.02. The monoisotopic (exact) mass is 500 g/mol. The molecule has 8 nitrogen and oxygen atoms in total. The number of thioether (sulfide) groups is 1. The quantitative estimate of drug-likeness (QED) is 0.379. The van der Waals surface area contributed by atoms with E-state index in [0.29, 0.717) is 30.0 Å². The molecule has 1 aromatic carbocycles. The van der Waals surface area contributed by atoms with Crippen LogP contribution < -0.4 is 5.32 Å². The highest BCUT2D eigenvalue weighted by Gasteiger charge is 2.29. The van der Waals surface area contributed by atoms with Gasteiger partial charge in [-0.15, -0.1) is 11.3 Å². The first kappa shape index (κ1) is 25.6. The molecule has 3 rings (SSSR count). The Labute approximate surface area is 207 Å². The molecule has 34 heavy (non-hydrogen) atoms. The summed E-state index contributed by atoms with van der Waals surface area (Å²) in [6.45, 7) is 3.89. The number of thiophene rings is 1. The molecule has 2 heterocycles. The van der Waals surface area contributed by atoms with Gasteiger partial charge in [0, 0.05) is 28.3 Å². The highest BCUT2D eigenvalue weighted by Crippen LogP contribution is 2.26. The summed E-state index contributed by atoms with van der Waals surface area (Å²) in [6.07, 6.45) is 4.46. The third-order valence-corrected chi connectivity index (χ3v) is 7.13. The lowest BCUT2D eigenvalue weighted by molar-refractivity contribution is -0.148. The van der Waals surface area contributed by atoms with Crippen molar-refractivity contribution in [2.45, 2.75) is 39.3 Å². The Morgan fingerprint density at radius 2 is 1.85 bits per heavy atom. The molecule has 0 aliphatic rings. The molecule has 2 unspecified atom stereocenters. The predicted octanol–water partition coefficient (Wildman–Crippen LogP) is 3.64. The van der Waals surface area contributed by atoms with E-state index in [-0.39, 0.29) is 17.6 Å². The van der Waals surface area contributed by atoms with Crippen LogP contribution >= 0.6 is 23.1 Å². The number of carbonyl (C=O) groups is 3. The van der Waals surface area contributed by atoms with Gasteiger partial charge < -0.3 is 10.1 Å². The van der Waals surface area contributed by atoms with E-state index in [1.54, 1.807) is 24.1 Å². The van der Waals surface area contributed by atoms with E-state index in [9.17, 15) is 14.4 Å². The second kappa shape index (κ2) is 13.0. The summed E-state index contributed by atoms with van der Waals surface area (Å²) in [5.74, 6) is -0.864. The Morgan fingerprint density at radius 3 is 2.53 bits per heavy atom. The molecule has 0 fully saturated rings. The molecular weight excluding hydrogens is 472 g/mol. The van der Waals surface area contributed by atoms with Gasteiger partial charge in [-0.1, -0.05) is 42.1 Å². The smallest absolute Gasteiger partial charge is 0.334 e. The van der Waals surface area contributed by atoms with E-state index in [0.717, 1.165) is 22.2 Å². The summed E-state index contributed by atoms with van der Waals surface area (Å²) < 4.78 is 5.25. The fourth-order valence-corrected chi connectivity index (χ4v) is 5.11. The van der Waals surface area contributed by atoms with Crippen LogP contribution in [0.15, 0.2) is 54.9 Å². The minimum atomic E-state index is -0.918. The predicted molar refractivity (Wildman–Crippen MR) is 132 cm³/mol. The maximum atomic E-state index is 13.3. The lowest BCUT2D eigenvalue weighted by Crippen LogP contribution is -2.39. The Kier molecular flexibility index (Phi) is 9.84. The number of amides is 1. The van der Waals surface area contributed by atoms with Crippen molar-refractivity contribution in [1.29, 1.82) is 0 Å². The lowest BCUT2D eigenvalue weighted by atomic mass is 9.99. The number of esters is 1. The molecule has 0 saturated heterocycles. The molecule has 10 heteroatoms. The number of nitrogens with zero attached hydrogens (tertiary/aromatic N) is 3. The summed E-state index contributed by atoms with van der Waals surface area (Å²) >= 11 is 2.52. The summed E-state index contributed by atoms with van der Waals surface area (Å²) in [7, 11) is 0. The van der Waals surface area contributed by atoms with Crippen LogP contribution in [0.5, 0.6) is 0 Å². The van der Waals surface area contributed by atoms with E-state index in [2.05, 4.69) is 15.5 Å². The van der Waals surface area contributed by atoms with E-state index < -0.39 is 17.9 Å². The first-order chi connectivity index (χ1) is 16.5. The fraction of sp³-hybridized carbons (Fsp3) is 0.375. The summed E-state index contributed by atoms with van der Waals surface area (Å²) in [5, 5.41) is 11.0. The number of ether oxygens (including phenoxy) is 1. The number of nitrogens with one attached hydrogen (secondary N) is 1. The van der Waals surface area contributed by atoms with E-state index in [4.69, 9.17) is 4.74 Å². The highest BCUT2D eigenvalue weighted by molar-refractivity contribution is 8.13. The molecule has 180 valence electrons. The van der Waals surface area contributed by atoms with Gasteiger partial charge in [0.25, 0.3) is 0 Å². The second-order valence-electron chi connectivity index (χ2n) is 7.58. The van der Waals surface area contributed by atoms with Crippen molar-refractivity contribution >= 4 is 40.1 Å². The van der Waals surface area contributed by atoms with E-state index in [1.165, 1.54) is 18.3 Å². The largest absolute Gasteiger partial charge is 0.464 e. The molecule has 0 radical (unpaired) electrons. The number of benzene rings is 1. The average molecular weight is 501 g/mol. The Bertz CT molecular complexity index is 1070. The second-order valence-corrected chi connectivity index (χ2v) is 9.98. The Morgan fingerprint density at radius 1 is 1.12 bits per heavy atom. The summed E-state index contributed by atoms with van der Waals surface area (Å²) in [5.41, 5.74) is 1.12. The van der Waals surface area contributed by atoms with Crippen molar-refractivity contribution in [2.75, 3.05) is 12.4 Å². The molecule has 0 saturated carbocycles. The van der Waals surface area contributed by atoms with Crippen molar-refractivity contribution < 1.29 is 19.1 Å². The van der Waals surface area contributed by atoms with Crippen LogP contribution in [-0.2, 0) is 32.1 Å². The van der Waals surface area contributed by atoms with Crippen molar-refractivity contribution in [1.82, 2.24) is 20.3 Å². The van der Waals surface area contributed by atoms with Gasteiger partial charge in [-0.05, 0) is 37.5 Å². The number of aromatic nitrogens is 3. The number of aryl methyl sites for hydroxylation is 1. The summed E-state index contributed by atoms with van der Waals surface area (Å²) in [6, 6.07) is 12.7. The molecule has 1 amide bonds. The maximum absolute atomic E-state index is 13.3. The zero-order valence-electron chi connectivity index (χ0n) is 19.2. The van der Waals surface area contributed by atoms with Gasteiger partial charge in [-0.3, -0.25) is 9.59 Å². The number of carbonyl (C=O) groups excluding carboxylic acids is 3. The minimum absolute atomic E-state index is 0.0467.